The predicted octanol–water partition coefficient (Wildman–Crippen LogP) is 3.31. The lowest BCUT2D eigenvalue weighted by Crippen LogP contribution is -2.49. The minimum absolute atomic E-state index is 0.0758. The Bertz CT molecular complexity index is 269. The molecule has 17 heavy (non-hydrogen) atoms. The van der Waals surface area contributed by atoms with Crippen LogP contribution in [0.1, 0.15) is 60.8 Å². The maximum Gasteiger partial charge on any atom is 0.312 e. The van der Waals surface area contributed by atoms with Crippen LogP contribution in [0.3, 0.4) is 0 Å². The highest BCUT2D eigenvalue weighted by Gasteiger charge is 2.52. The van der Waals surface area contributed by atoms with Crippen molar-refractivity contribution in [2.75, 3.05) is 6.61 Å². The molecule has 0 spiro atoms. The summed E-state index contributed by atoms with van der Waals surface area (Å²) in [6.07, 6.45) is 2.14. The summed E-state index contributed by atoms with van der Waals surface area (Å²) < 4.78 is 0. The Labute approximate surface area is 105 Å². The van der Waals surface area contributed by atoms with Crippen molar-refractivity contribution in [2.24, 2.45) is 16.2 Å². The highest BCUT2D eigenvalue weighted by Crippen LogP contribution is 2.49. The van der Waals surface area contributed by atoms with E-state index >= 15 is 0 Å². The maximum atomic E-state index is 11.7. The third kappa shape index (κ3) is 3.21. The molecule has 0 aliphatic heterocycles. The van der Waals surface area contributed by atoms with E-state index in [0.717, 1.165) is 12.8 Å². The van der Waals surface area contributed by atoms with Crippen molar-refractivity contribution in [3.63, 3.8) is 0 Å². The first-order chi connectivity index (χ1) is 7.58. The molecule has 0 saturated heterocycles. The van der Waals surface area contributed by atoms with Crippen LogP contribution in [0.4, 0.5) is 0 Å². The number of carbonyl (C=O) groups is 1. The molecular weight excluding hydrogens is 216 g/mol. The van der Waals surface area contributed by atoms with E-state index in [1.807, 2.05) is 20.8 Å². The van der Waals surface area contributed by atoms with Crippen LogP contribution in [0, 0.1) is 16.2 Å². The van der Waals surface area contributed by atoms with Crippen LogP contribution in [-0.2, 0) is 4.79 Å². The second-order valence-corrected chi connectivity index (χ2v) is 6.48. The summed E-state index contributed by atoms with van der Waals surface area (Å²) in [5.74, 6) is -0.881. The van der Waals surface area contributed by atoms with Gasteiger partial charge in [-0.05, 0) is 23.7 Å². The van der Waals surface area contributed by atoms with E-state index in [1.165, 1.54) is 0 Å². The second-order valence-electron chi connectivity index (χ2n) is 6.48. The maximum absolute atomic E-state index is 11.7. The average molecular weight is 244 g/mol. The van der Waals surface area contributed by atoms with Crippen molar-refractivity contribution >= 4 is 5.97 Å². The molecule has 0 aromatic carbocycles. The van der Waals surface area contributed by atoms with Crippen LogP contribution in [0.5, 0.6) is 0 Å². The summed E-state index contributed by atoms with van der Waals surface area (Å²) in [4.78, 5) is 11.7. The van der Waals surface area contributed by atoms with E-state index in [-0.39, 0.29) is 12.0 Å². The second kappa shape index (κ2) is 5.38. The van der Waals surface area contributed by atoms with Crippen molar-refractivity contribution < 1.29 is 15.0 Å². The molecule has 0 radical (unpaired) electrons. The van der Waals surface area contributed by atoms with E-state index in [0.29, 0.717) is 6.42 Å². The molecule has 0 rings (SSSR count). The lowest BCUT2D eigenvalue weighted by Gasteiger charge is -2.46. The molecule has 0 saturated carbocycles. The zero-order valence-electron chi connectivity index (χ0n) is 12.1. The van der Waals surface area contributed by atoms with Crippen molar-refractivity contribution in [3.8, 4) is 0 Å². The summed E-state index contributed by atoms with van der Waals surface area (Å²) in [5, 5.41) is 19.3. The fourth-order valence-corrected chi connectivity index (χ4v) is 2.22. The molecule has 0 fully saturated rings. The molecule has 0 amide bonds. The summed E-state index contributed by atoms with van der Waals surface area (Å²) in [6, 6.07) is 0. The molecule has 0 aromatic heterocycles. The van der Waals surface area contributed by atoms with Crippen LogP contribution in [0.15, 0.2) is 0 Å². The van der Waals surface area contributed by atoms with E-state index in [1.54, 1.807) is 0 Å². The lowest BCUT2D eigenvalue weighted by atomic mass is 9.58. The Balaban J connectivity index is 5.47. The third-order valence-corrected chi connectivity index (χ3v) is 4.60. The summed E-state index contributed by atoms with van der Waals surface area (Å²) in [5.41, 5.74) is -1.55. The first-order valence-corrected chi connectivity index (χ1v) is 6.43. The van der Waals surface area contributed by atoms with Gasteiger partial charge in [-0.25, -0.2) is 0 Å². The lowest BCUT2D eigenvalue weighted by molar-refractivity contribution is -0.166. The van der Waals surface area contributed by atoms with Gasteiger partial charge in [0, 0.05) is 0 Å². The Morgan fingerprint density at radius 1 is 1.06 bits per heavy atom. The number of carboxylic acid groups (broad SMARTS) is 1. The Kier molecular flexibility index (Phi) is 5.20. The molecule has 1 unspecified atom stereocenters. The van der Waals surface area contributed by atoms with E-state index in [9.17, 15) is 15.0 Å². The quantitative estimate of drug-likeness (QED) is 0.722. The van der Waals surface area contributed by atoms with Gasteiger partial charge in [0.05, 0.1) is 12.0 Å². The number of aliphatic hydroxyl groups is 1. The molecule has 102 valence electrons. The number of rotatable bonds is 7. The SMILES string of the molecule is CCC(C)(C)CC(CO)(C(=O)O)C(C)(C)CC. The summed E-state index contributed by atoms with van der Waals surface area (Å²) >= 11 is 0. The van der Waals surface area contributed by atoms with Gasteiger partial charge in [-0.2, -0.15) is 0 Å². The molecule has 3 heteroatoms. The zero-order valence-corrected chi connectivity index (χ0v) is 12.1. The largest absolute Gasteiger partial charge is 0.481 e. The van der Waals surface area contributed by atoms with Gasteiger partial charge in [0.1, 0.15) is 0 Å². The standard InChI is InChI=1S/C14H28O3/c1-7-12(3,4)9-14(10-15,11(16)17)13(5,6)8-2/h15H,7-10H2,1-6H3,(H,16,17). The van der Waals surface area contributed by atoms with Gasteiger partial charge in [0.2, 0.25) is 0 Å². The third-order valence-electron chi connectivity index (χ3n) is 4.60. The minimum atomic E-state index is -1.05. The minimum Gasteiger partial charge on any atom is -0.481 e. The van der Waals surface area contributed by atoms with Gasteiger partial charge in [0.25, 0.3) is 0 Å². The van der Waals surface area contributed by atoms with Crippen molar-refractivity contribution in [2.45, 2.75) is 60.8 Å². The van der Waals surface area contributed by atoms with E-state index in [2.05, 4.69) is 20.8 Å². The Morgan fingerprint density at radius 2 is 1.53 bits per heavy atom. The van der Waals surface area contributed by atoms with Gasteiger partial charge in [-0.3, -0.25) is 4.79 Å². The molecule has 2 N–H and O–H groups in total. The topological polar surface area (TPSA) is 57.5 Å². The van der Waals surface area contributed by atoms with Crippen LogP contribution < -0.4 is 0 Å². The fraction of sp³-hybridized carbons (Fsp3) is 0.929. The van der Waals surface area contributed by atoms with Crippen molar-refractivity contribution in [3.05, 3.63) is 0 Å². The smallest absolute Gasteiger partial charge is 0.312 e. The van der Waals surface area contributed by atoms with Crippen LogP contribution >= 0.6 is 0 Å². The number of aliphatic carboxylic acids is 1. The Morgan fingerprint density at radius 3 is 1.76 bits per heavy atom. The fourth-order valence-electron chi connectivity index (χ4n) is 2.22. The van der Waals surface area contributed by atoms with Crippen LogP contribution in [0.25, 0.3) is 0 Å². The molecule has 0 aliphatic carbocycles. The summed E-state index contributed by atoms with van der Waals surface area (Å²) in [6.45, 7) is 11.7. The Hall–Kier alpha value is -0.570. The van der Waals surface area contributed by atoms with Gasteiger partial charge in [0.15, 0.2) is 0 Å². The number of aliphatic hydroxyl groups excluding tert-OH is 1. The first-order valence-electron chi connectivity index (χ1n) is 6.43. The van der Waals surface area contributed by atoms with Gasteiger partial charge >= 0.3 is 5.97 Å². The number of hydrogen-bond acceptors (Lipinski definition) is 2. The van der Waals surface area contributed by atoms with Gasteiger partial charge < -0.3 is 10.2 Å². The molecule has 0 aromatic rings. The first kappa shape index (κ1) is 16.4. The highest BCUT2D eigenvalue weighted by atomic mass is 16.4. The molecule has 0 aliphatic rings. The average Bonchev–Trinajstić information content (AvgIpc) is 2.25. The molecular formula is C14H28O3. The molecule has 1 atom stereocenters. The van der Waals surface area contributed by atoms with Gasteiger partial charge in [-0.15, -0.1) is 0 Å². The van der Waals surface area contributed by atoms with Crippen LogP contribution in [0.2, 0.25) is 0 Å². The monoisotopic (exact) mass is 244 g/mol. The molecule has 3 nitrogen and oxygen atoms in total. The predicted molar refractivity (Wildman–Crippen MR) is 69.9 cm³/mol. The summed E-state index contributed by atoms with van der Waals surface area (Å²) in [7, 11) is 0. The van der Waals surface area contributed by atoms with Crippen molar-refractivity contribution in [1.29, 1.82) is 0 Å². The highest BCUT2D eigenvalue weighted by molar-refractivity contribution is 5.76. The normalized spacial score (nSPS) is 16.6. The zero-order chi connectivity index (χ0) is 13.9. The molecule has 0 bridgehead atoms. The van der Waals surface area contributed by atoms with Crippen LogP contribution in [-0.4, -0.2) is 22.8 Å². The molecule has 0 heterocycles. The van der Waals surface area contributed by atoms with Gasteiger partial charge in [-0.1, -0.05) is 48.0 Å². The van der Waals surface area contributed by atoms with E-state index < -0.39 is 16.8 Å². The number of hydrogen-bond donors (Lipinski definition) is 2. The van der Waals surface area contributed by atoms with E-state index in [4.69, 9.17) is 0 Å². The number of carboxylic acids is 1. The van der Waals surface area contributed by atoms with Crippen molar-refractivity contribution in [1.82, 2.24) is 0 Å².